The molecular weight excluding hydrogens is 691 g/mol. The molecule has 1 aliphatic carbocycles. The number of benzene rings is 3. The quantitative estimate of drug-likeness (QED) is 0.143. The maximum absolute atomic E-state index is 12.2. The van der Waals surface area contributed by atoms with Gasteiger partial charge in [0.25, 0.3) is 0 Å². The highest BCUT2D eigenvalue weighted by molar-refractivity contribution is 6.05. The Bertz CT molecular complexity index is 2100. The molecule has 284 valence electrons. The van der Waals surface area contributed by atoms with Crippen LogP contribution in [-0.4, -0.2) is 93.1 Å². The van der Waals surface area contributed by atoms with Crippen LogP contribution in [0.5, 0.6) is 0 Å². The number of piperidine rings is 1. The lowest BCUT2D eigenvalue weighted by molar-refractivity contribution is -0.120. The van der Waals surface area contributed by atoms with Crippen LogP contribution >= 0.6 is 0 Å². The van der Waals surface area contributed by atoms with Crippen LogP contribution in [0, 0.1) is 0 Å². The number of aromatic nitrogens is 4. The van der Waals surface area contributed by atoms with Crippen LogP contribution in [0.4, 0.5) is 39.4 Å². The normalized spacial score (nSPS) is 19.3. The minimum absolute atomic E-state index is 0.210. The number of hydrogen-bond donors (Lipinski definition) is 3. The SMILES string of the molecule is O=C1CCN(c2ccc(CN3CCN(C4CCN(c5ccc(Nc6ncc7nc(Nc8ccccc8)n(C8CCCC8)c7n6)cc5)CC4)CC3)cc2)C(=O)N1. The summed E-state index contributed by atoms with van der Waals surface area (Å²) in [6, 6.07) is 27.7. The Labute approximate surface area is 321 Å². The molecule has 0 bridgehead atoms. The highest BCUT2D eigenvalue weighted by atomic mass is 16.2. The molecule has 13 nitrogen and oxygen atoms in total. The molecule has 5 heterocycles. The van der Waals surface area contributed by atoms with Gasteiger partial charge in [0.2, 0.25) is 17.8 Å². The van der Waals surface area contributed by atoms with Crippen molar-refractivity contribution in [2.75, 3.05) is 66.2 Å². The van der Waals surface area contributed by atoms with Crippen LogP contribution in [0.2, 0.25) is 0 Å². The molecule has 2 aromatic heterocycles. The number of hydrogen-bond acceptors (Lipinski definition) is 10. The van der Waals surface area contributed by atoms with Crippen molar-refractivity contribution >= 4 is 57.7 Å². The summed E-state index contributed by atoms with van der Waals surface area (Å²) in [5, 5.41) is 9.38. The third-order valence-electron chi connectivity index (χ3n) is 11.7. The topological polar surface area (TPSA) is 127 Å². The molecule has 3 aromatic carbocycles. The van der Waals surface area contributed by atoms with Crippen LogP contribution in [0.25, 0.3) is 11.2 Å². The average Bonchev–Trinajstić information content (AvgIpc) is 3.87. The Balaban J connectivity index is 0.762. The highest BCUT2D eigenvalue weighted by Crippen LogP contribution is 2.36. The number of carbonyl (C=O) groups excluding carboxylic acids is 2. The van der Waals surface area contributed by atoms with Crippen LogP contribution < -0.4 is 25.8 Å². The Morgan fingerprint density at radius 3 is 2.13 bits per heavy atom. The number of anilines is 6. The summed E-state index contributed by atoms with van der Waals surface area (Å²) in [6.07, 6.45) is 9.20. The molecule has 55 heavy (non-hydrogen) atoms. The molecule has 4 aliphatic rings. The fourth-order valence-corrected chi connectivity index (χ4v) is 8.71. The zero-order valence-electron chi connectivity index (χ0n) is 31.2. The second kappa shape index (κ2) is 15.7. The summed E-state index contributed by atoms with van der Waals surface area (Å²) < 4.78 is 2.28. The Morgan fingerprint density at radius 2 is 1.40 bits per heavy atom. The standard InChI is InChI=1S/C42H49N11O2/c54-38-20-23-52(42(55)47-38)35-14-10-30(11-15-35)29-49-24-26-51(27-25-49)34-18-21-50(22-19-34)33-16-12-32(13-17-33)44-40-43-28-37-39(48-40)53(36-8-4-5-9-36)41(46-37)45-31-6-2-1-3-7-31/h1-3,6-7,10-17,28,34,36H,4-5,8-9,18-27,29H2,(H,45,46)(H,43,44,48)(H,47,54,55). The molecule has 9 rings (SSSR count). The molecule has 4 fully saturated rings. The first-order valence-corrected chi connectivity index (χ1v) is 19.9. The minimum Gasteiger partial charge on any atom is -0.371 e. The first-order chi connectivity index (χ1) is 27.0. The molecule has 3 amide bonds. The number of para-hydroxylation sites is 1. The Morgan fingerprint density at radius 1 is 0.691 bits per heavy atom. The largest absolute Gasteiger partial charge is 0.371 e. The van der Waals surface area contributed by atoms with Crippen LogP contribution in [0.1, 0.15) is 56.6 Å². The Kier molecular flexibility index (Phi) is 10.0. The van der Waals surface area contributed by atoms with Gasteiger partial charge in [-0.15, -0.1) is 0 Å². The summed E-state index contributed by atoms with van der Waals surface area (Å²) >= 11 is 0. The number of piperazine rings is 1. The van der Waals surface area contributed by atoms with Crippen LogP contribution in [0.15, 0.2) is 85.1 Å². The number of carbonyl (C=O) groups is 2. The summed E-state index contributed by atoms with van der Waals surface area (Å²) in [5.41, 5.74) is 6.96. The van der Waals surface area contributed by atoms with Crippen molar-refractivity contribution in [2.45, 2.75) is 63.6 Å². The number of amides is 3. The molecule has 3 saturated heterocycles. The molecule has 0 atom stereocenters. The van der Waals surface area contributed by atoms with E-state index >= 15 is 0 Å². The summed E-state index contributed by atoms with van der Waals surface area (Å²) in [5.74, 6) is 1.19. The van der Waals surface area contributed by atoms with Crippen molar-refractivity contribution in [3.8, 4) is 0 Å². The van der Waals surface area contributed by atoms with Gasteiger partial charge in [0.15, 0.2) is 5.65 Å². The summed E-state index contributed by atoms with van der Waals surface area (Å²) in [7, 11) is 0. The molecule has 1 saturated carbocycles. The van der Waals surface area contributed by atoms with Crippen molar-refractivity contribution in [1.29, 1.82) is 0 Å². The number of rotatable bonds is 10. The monoisotopic (exact) mass is 739 g/mol. The molecule has 3 aliphatic heterocycles. The molecule has 0 unspecified atom stereocenters. The average molecular weight is 740 g/mol. The first kappa shape index (κ1) is 35.2. The molecule has 13 heteroatoms. The van der Waals surface area contributed by atoms with E-state index in [0.29, 0.717) is 31.0 Å². The van der Waals surface area contributed by atoms with E-state index in [9.17, 15) is 9.59 Å². The van der Waals surface area contributed by atoms with Gasteiger partial charge in [0.05, 0.1) is 6.20 Å². The van der Waals surface area contributed by atoms with Gasteiger partial charge in [-0.2, -0.15) is 4.98 Å². The van der Waals surface area contributed by atoms with Gasteiger partial charge in [-0.25, -0.2) is 14.8 Å². The van der Waals surface area contributed by atoms with Crippen molar-refractivity contribution in [3.63, 3.8) is 0 Å². The van der Waals surface area contributed by atoms with Crippen molar-refractivity contribution in [1.82, 2.24) is 34.6 Å². The smallest absolute Gasteiger partial charge is 0.328 e. The molecule has 5 aromatic rings. The van der Waals surface area contributed by atoms with Gasteiger partial charge >= 0.3 is 6.03 Å². The molecule has 0 spiro atoms. The van der Waals surface area contributed by atoms with Crippen LogP contribution in [-0.2, 0) is 11.3 Å². The second-order valence-corrected chi connectivity index (χ2v) is 15.3. The molecular formula is C42H49N11O2. The summed E-state index contributed by atoms with van der Waals surface area (Å²) in [4.78, 5) is 47.6. The van der Waals surface area contributed by atoms with Crippen molar-refractivity contribution in [3.05, 3.63) is 90.6 Å². The Hall–Kier alpha value is -5.53. The van der Waals surface area contributed by atoms with E-state index in [2.05, 4.69) is 88.7 Å². The number of urea groups is 1. The number of imide groups is 1. The number of imidazole rings is 1. The lowest BCUT2D eigenvalue weighted by Crippen LogP contribution is -2.53. The summed E-state index contributed by atoms with van der Waals surface area (Å²) in [6.45, 7) is 7.72. The predicted molar refractivity (Wildman–Crippen MR) is 216 cm³/mol. The van der Waals surface area contributed by atoms with E-state index in [0.717, 1.165) is 92.8 Å². The maximum atomic E-state index is 12.2. The fraction of sp³-hybridized carbons (Fsp3) is 0.405. The van der Waals surface area contributed by atoms with Gasteiger partial charge in [-0.1, -0.05) is 43.2 Å². The number of nitrogens with zero attached hydrogens (tertiary/aromatic N) is 8. The predicted octanol–water partition coefficient (Wildman–Crippen LogP) is 6.66. The second-order valence-electron chi connectivity index (χ2n) is 15.3. The minimum atomic E-state index is -0.341. The van der Waals surface area contributed by atoms with E-state index in [-0.39, 0.29) is 11.9 Å². The van der Waals surface area contributed by atoms with Crippen LogP contribution in [0.3, 0.4) is 0 Å². The highest BCUT2D eigenvalue weighted by Gasteiger charge is 2.29. The van der Waals surface area contributed by atoms with E-state index < -0.39 is 0 Å². The van der Waals surface area contributed by atoms with Gasteiger partial charge in [0, 0.05) is 93.6 Å². The third-order valence-corrected chi connectivity index (χ3v) is 11.7. The zero-order chi connectivity index (χ0) is 37.1. The van der Waals surface area contributed by atoms with Gasteiger partial charge < -0.3 is 15.5 Å². The number of fused-ring (bicyclic) bond motifs is 1. The van der Waals surface area contributed by atoms with Gasteiger partial charge in [-0.05, 0) is 79.8 Å². The van der Waals surface area contributed by atoms with E-state index in [1.165, 1.54) is 36.9 Å². The van der Waals surface area contributed by atoms with Crippen molar-refractivity contribution < 1.29 is 9.59 Å². The van der Waals surface area contributed by atoms with Gasteiger partial charge in [0.1, 0.15) is 5.52 Å². The van der Waals surface area contributed by atoms with E-state index in [1.54, 1.807) is 4.90 Å². The zero-order valence-corrected chi connectivity index (χ0v) is 31.2. The fourth-order valence-electron chi connectivity index (χ4n) is 8.71. The lowest BCUT2D eigenvalue weighted by Gasteiger charge is -2.43. The third kappa shape index (κ3) is 7.85. The lowest BCUT2D eigenvalue weighted by atomic mass is 10.0. The van der Waals surface area contributed by atoms with E-state index in [1.807, 2.05) is 36.5 Å². The van der Waals surface area contributed by atoms with Gasteiger partial charge in [-0.3, -0.25) is 29.4 Å². The van der Waals surface area contributed by atoms with E-state index in [4.69, 9.17) is 9.97 Å². The molecule has 3 N–H and O–H groups in total. The molecule has 0 radical (unpaired) electrons. The van der Waals surface area contributed by atoms with Crippen molar-refractivity contribution in [2.24, 2.45) is 0 Å². The number of nitrogens with one attached hydrogen (secondary N) is 3. The first-order valence-electron chi connectivity index (χ1n) is 19.9. The maximum Gasteiger partial charge on any atom is 0.328 e.